The summed E-state index contributed by atoms with van der Waals surface area (Å²) in [5.41, 5.74) is -0.394. The van der Waals surface area contributed by atoms with E-state index in [1.165, 1.54) is 18.2 Å². The van der Waals surface area contributed by atoms with E-state index in [9.17, 15) is 18.9 Å². The number of carbonyl (C=O) groups is 2. The van der Waals surface area contributed by atoms with Gasteiger partial charge in [-0.05, 0) is 43.2 Å². The van der Waals surface area contributed by atoms with Crippen LogP contribution in [-0.2, 0) is 57.2 Å². The molecule has 0 saturated carbocycles. The third-order valence-corrected chi connectivity index (χ3v) is 10.2. The van der Waals surface area contributed by atoms with Crippen LogP contribution in [0.25, 0.3) is 0 Å². The Balaban J connectivity index is 1.22. The summed E-state index contributed by atoms with van der Waals surface area (Å²) in [7, 11) is -4.59. The SMILES string of the molecule is C=C(Cc1ccn([C@@H]2O[C@H](COP(=O)(NC3CC(C)(C)OC3=O)Oc3ccccc3)[C@@H](OC(=O)OCc3ccccc3)C2(F)F)c(=O)n1)OCc1ccccc1. The van der Waals surface area contributed by atoms with Gasteiger partial charge in [0.2, 0.25) is 12.3 Å². The molecule has 0 radical (unpaired) electrons. The number of halogens is 2. The molecule has 14 nitrogen and oxygen atoms in total. The van der Waals surface area contributed by atoms with Crippen LogP contribution in [0.4, 0.5) is 13.6 Å². The minimum atomic E-state index is -4.59. The number of para-hydroxylation sites is 1. The number of benzene rings is 3. The van der Waals surface area contributed by atoms with E-state index in [1.807, 2.05) is 30.3 Å². The zero-order chi connectivity index (χ0) is 39.9. The Kier molecular flexibility index (Phi) is 12.3. The summed E-state index contributed by atoms with van der Waals surface area (Å²) in [6.45, 7) is 6.15. The number of esters is 1. The topological polar surface area (TPSA) is 163 Å². The number of aromatic nitrogens is 2. The molecule has 3 aromatic carbocycles. The van der Waals surface area contributed by atoms with Crippen molar-refractivity contribution in [2.24, 2.45) is 0 Å². The fraction of sp³-hybridized carbons (Fsp3) is 0.333. The van der Waals surface area contributed by atoms with Gasteiger partial charge in [-0.15, -0.1) is 0 Å². The Morgan fingerprint density at radius 2 is 1.55 bits per heavy atom. The molecule has 0 amide bonds. The number of nitrogens with one attached hydrogen (secondary N) is 1. The first-order chi connectivity index (χ1) is 26.7. The molecule has 2 saturated heterocycles. The van der Waals surface area contributed by atoms with E-state index in [-0.39, 0.29) is 43.3 Å². The number of cyclic esters (lactones) is 1. The van der Waals surface area contributed by atoms with Crippen LogP contribution in [0.3, 0.4) is 0 Å². The van der Waals surface area contributed by atoms with E-state index in [0.717, 1.165) is 11.8 Å². The molecule has 17 heteroatoms. The molecule has 56 heavy (non-hydrogen) atoms. The number of rotatable bonds is 16. The molecule has 1 N–H and O–H groups in total. The smallest absolute Gasteiger partial charge is 0.493 e. The normalized spacial score (nSPS) is 22.0. The van der Waals surface area contributed by atoms with E-state index in [2.05, 4.69) is 16.7 Å². The Labute approximate surface area is 320 Å². The zero-order valence-corrected chi connectivity index (χ0v) is 31.3. The molecule has 2 aliphatic heterocycles. The van der Waals surface area contributed by atoms with E-state index < -0.39 is 68.2 Å². The van der Waals surface area contributed by atoms with Crippen molar-refractivity contribution in [3.8, 4) is 5.75 Å². The highest BCUT2D eigenvalue weighted by molar-refractivity contribution is 7.52. The largest absolute Gasteiger partial charge is 0.509 e. The first-order valence-electron chi connectivity index (χ1n) is 17.5. The number of alkyl halides is 2. The van der Waals surface area contributed by atoms with Gasteiger partial charge in [0.05, 0.1) is 18.1 Å². The molecule has 296 valence electrons. The van der Waals surface area contributed by atoms with E-state index in [0.29, 0.717) is 10.1 Å². The summed E-state index contributed by atoms with van der Waals surface area (Å²) >= 11 is 0. The Morgan fingerprint density at radius 1 is 0.946 bits per heavy atom. The Bertz CT molecular complexity index is 2110. The van der Waals surface area contributed by atoms with Crippen LogP contribution in [0, 0.1) is 0 Å². The number of hydrogen-bond donors (Lipinski definition) is 1. The van der Waals surface area contributed by atoms with Gasteiger partial charge in [-0.2, -0.15) is 18.9 Å². The fourth-order valence-electron chi connectivity index (χ4n) is 5.97. The predicted molar refractivity (Wildman–Crippen MR) is 195 cm³/mol. The minimum Gasteiger partial charge on any atom is -0.493 e. The summed E-state index contributed by atoms with van der Waals surface area (Å²) in [5, 5.41) is 2.56. The van der Waals surface area contributed by atoms with Crippen molar-refractivity contribution in [3.05, 3.63) is 143 Å². The van der Waals surface area contributed by atoms with E-state index in [4.69, 9.17) is 32.7 Å². The molecule has 3 heterocycles. The van der Waals surface area contributed by atoms with Crippen LogP contribution in [0.1, 0.15) is 43.3 Å². The molecule has 2 unspecified atom stereocenters. The number of carbonyl (C=O) groups excluding carboxylic acids is 2. The van der Waals surface area contributed by atoms with Gasteiger partial charge >= 0.3 is 31.5 Å². The molecular formula is C39H40F2N3O11P. The van der Waals surface area contributed by atoms with Crippen molar-refractivity contribution in [2.45, 2.75) is 75.9 Å². The van der Waals surface area contributed by atoms with Crippen LogP contribution >= 0.6 is 7.75 Å². The van der Waals surface area contributed by atoms with Crippen molar-refractivity contribution in [2.75, 3.05) is 6.61 Å². The first kappa shape index (κ1) is 40.3. The van der Waals surface area contributed by atoms with Gasteiger partial charge in [0.1, 0.15) is 36.7 Å². The molecule has 0 spiro atoms. The lowest BCUT2D eigenvalue weighted by molar-refractivity contribution is -0.147. The molecule has 0 bridgehead atoms. The molecular weight excluding hydrogens is 755 g/mol. The van der Waals surface area contributed by atoms with Gasteiger partial charge in [0, 0.05) is 19.0 Å². The monoisotopic (exact) mass is 795 g/mol. The molecule has 0 aliphatic carbocycles. The molecule has 5 atom stereocenters. The second-order valence-electron chi connectivity index (χ2n) is 13.6. The van der Waals surface area contributed by atoms with Gasteiger partial charge in [-0.3, -0.25) is 13.9 Å². The second-order valence-corrected chi connectivity index (χ2v) is 15.3. The Morgan fingerprint density at radius 3 is 2.14 bits per heavy atom. The maximum Gasteiger partial charge on any atom is 0.509 e. The summed E-state index contributed by atoms with van der Waals surface area (Å²) in [4.78, 5) is 42.7. The lowest BCUT2D eigenvalue weighted by atomic mass is 10.0. The summed E-state index contributed by atoms with van der Waals surface area (Å²) < 4.78 is 85.9. The summed E-state index contributed by atoms with van der Waals surface area (Å²) in [5.74, 6) is -4.49. The molecule has 2 aliphatic rings. The van der Waals surface area contributed by atoms with Gasteiger partial charge in [-0.25, -0.2) is 14.2 Å². The van der Waals surface area contributed by atoms with Crippen molar-refractivity contribution >= 4 is 19.9 Å². The first-order valence-corrected chi connectivity index (χ1v) is 19.1. The highest BCUT2D eigenvalue weighted by Crippen LogP contribution is 2.49. The summed E-state index contributed by atoms with van der Waals surface area (Å²) in [6.07, 6.45) is -7.00. The molecule has 2 fully saturated rings. The minimum absolute atomic E-state index is 0.00963. The quantitative estimate of drug-likeness (QED) is 0.0729. The highest BCUT2D eigenvalue weighted by Gasteiger charge is 2.63. The van der Waals surface area contributed by atoms with Gasteiger partial charge in [0.15, 0.2) is 0 Å². The van der Waals surface area contributed by atoms with Crippen LogP contribution in [0.15, 0.2) is 120 Å². The molecule has 6 rings (SSSR count). The van der Waals surface area contributed by atoms with Gasteiger partial charge < -0.3 is 28.2 Å². The Hall–Kier alpha value is -5.41. The second kappa shape index (κ2) is 17.2. The average molecular weight is 796 g/mol. The van der Waals surface area contributed by atoms with Crippen molar-refractivity contribution in [3.63, 3.8) is 0 Å². The maximum absolute atomic E-state index is 16.4. The summed E-state index contributed by atoms with van der Waals surface area (Å²) in [6, 6.07) is 25.7. The van der Waals surface area contributed by atoms with Gasteiger partial charge in [-0.1, -0.05) is 85.4 Å². The van der Waals surface area contributed by atoms with Crippen LogP contribution < -0.4 is 15.3 Å². The standard InChI is InChI=1S/C39H40F2N3O11P/c1-26(49-23-27-13-7-4-8-14-27)21-29-19-20-44(36(46)42-29)35-39(40,41)33(53-37(47)50-24-28-15-9-5-10-16-28)32(52-35)25-51-56(48,55-30-17-11-6-12-18-30)43-31-22-38(2,3)54-34(31)45/h4-20,31-33,35H,1,21-25H2,2-3H3,(H,43,48)/t31?,32-,33-,35-,56?/m1/s1. The highest BCUT2D eigenvalue weighted by atomic mass is 31.2. The van der Waals surface area contributed by atoms with Crippen molar-refractivity contribution < 1.29 is 55.7 Å². The number of ether oxygens (including phenoxy) is 5. The van der Waals surface area contributed by atoms with E-state index in [1.54, 1.807) is 62.4 Å². The lowest BCUT2D eigenvalue weighted by Gasteiger charge is -2.25. The average Bonchev–Trinajstić information content (AvgIpc) is 3.57. The number of allylic oxidation sites excluding steroid dienone is 1. The maximum atomic E-state index is 16.4. The van der Waals surface area contributed by atoms with Crippen LogP contribution in [-0.4, -0.2) is 58.1 Å². The van der Waals surface area contributed by atoms with Crippen LogP contribution in [0.5, 0.6) is 5.75 Å². The van der Waals surface area contributed by atoms with Gasteiger partial charge in [0.25, 0.3) is 0 Å². The fourth-order valence-corrected chi connectivity index (χ4v) is 7.47. The molecule has 4 aromatic rings. The number of hydrogen-bond acceptors (Lipinski definition) is 12. The number of nitrogens with zero attached hydrogens (tertiary/aromatic N) is 2. The third-order valence-electron chi connectivity index (χ3n) is 8.63. The van der Waals surface area contributed by atoms with Crippen molar-refractivity contribution in [1.29, 1.82) is 0 Å². The third kappa shape index (κ3) is 10.3. The lowest BCUT2D eigenvalue weighted by Crippen LogP contribution is -2.45. The predicted octanol–water partition coefficient (Wildman–Crippen LogP) is 6.66. The zero-order valence-electron chi connectivity index (χ0n) is 30.5. The molecule has 1 aromatic heterocycles. The van der Waals surface area contributed by atoms with E-state index >= 15 is 8.78 Å². The van der Waals surface area contributed by atoms with Crippen LogP contribution in [0.2, 0.25) is 0 Å². The van der Waals surface area contributed by atoms with Crippen molar-refractivity contribution in [1.82, 2.24) is 14.6 Å².